The minimum absolute atomic E-state index is 0.115. The molecule has 0 radical (unpaired) electrons. The second-order valence-corrected chi connectivity index (χ2v) is 9.45. The topological polar surface area (TPSA) is 77.1 Å². The third-order valence-corrected chi connectivity index (χ3v) is 7.04. The zero-order chi connectivity index (χ0) is 23.0. The van der Waals surface area contributed by atoms with E-state index in [0.717, 1.165) is 37.2 Å². The van der Waals surface area contributed by atoms with Gasteiger partial charge in [0.15, 0.2) is 11.5 Å². The molecule has 1 N–H and O–H groups in total. The highest BCUT2D eigenvalue weighted by atomic mass is 32.2. The van der Waals surface area contributed by atoms with E-state index in [1.807, 2.05) is 38.1 Å². The molecule has 2 aromatic rings. The van der Waals surface area contributed by atoms with Crippen LogP contribution < -0.4 is 18.9 Å². The molecule has 0 saturated carbocycles. The van der Waals surface area contributed by atoms with E-state index < -0.39 is 10.0 Å². The van der Waals surface area contributed by atoms with Crippen molar-refractivity contribution in [2.24, 2.45) is 0 Å². The first kappa shape index (κ1) is 24.4. The average Bonchev–Trinajstić information content (AvgIpc) is 2.81. The number of nitrogens with one attached hydrogen (secondary N) is 1. The third-order valence-electron chi connectivity index (χ3n) is 5.62. The van der Waals surface area contributed by atoms with Gasteiger partial charge in [-0.1, -0.05) is 24.6 Å². The van der Waals surface area contributed by atoms with Crippen LogP contribution in [0.25, 0.3) is 0 Å². The maximum absolute atomic E-state index is 13.2. The van der Waals surface area contributed by atoms with Gasteiger partial charge in [0.05, 0.1) is 31.3 Å². The Balaban J connectivity index is 1.85. The molecule has 1 aliphatic rings. The molecule has 32 heavy (non-hydrogen) atoms. The van der Waals surface area contributed by atoms with Gasteiger partial charge in [-0.2, -0.15) is 0 Å². The van der Waals surface area contributed by atoms with Crippen LogP contribution in [-0.2, 0) is 10.0 Å². The van der Waals surface area contributed by atoms with Crippen LogP contribution in [0.5, 0.6) is 17.2 Å². The molecule has 1 saturated heterocycles. The van der Waals surface area contributed by atoms with Gasteiger partial charge in [0.25, 0.3) is 0 Å². The van der Waals surface area contributed by atoms with Gasteiger partial charge < -0.3 is 14.2 Å². The number of benzene rings is 2. The number of ether oxygens (including phenoxy) is 3. The van der Waals surface area contributed by atoms with Crippen molar-refractivity contribution in [3.8, 4) is 17.2 Å². The summed E-state index contributed by atoms with van der Waals surface area (Å²) >= 11 is 0. The summed E-state index contributed by atoms with van der Waals surface area (Å²) in [5, 5.41) is 0. The van der Waals surface area contributed by atoms with Crippen LogP contribution in [0, 0.1) is 0 Å². The second-order valence-electron chi connectivity index (χ2n) is 7.68. The molecule has 7 nitrogen and oxygen atoms in total. The summed E-state index contributed by atoms with van der Waals surface area (Å²) in [6.07, 6.45) is 3.41. The molecule has 3 rings (SSSR count). The maximum Gasteiger partial charge on any atom is 0.240 e. The van der Waals surface area contributed by atoms with E-state index in [-0.39, 0.29) is 17.5 Å². The lowest BCUT2D eigenvalue weighted by molar-refractivity contribution is 0.162. The fourth-order valence-electron chi connectivity index (χ4n) is 4.08. The van der Waals surface area contributed by atoms with Gasteiger partial charge in [-0.05, 0) is 58.0 Å². The van der Waals surface area contributed by atoms with Crippen molar-refractivity contribution in [1.82, 2.24) is 9.62 Å². The highest BCUT2D eigenvalue weighted by Gasteiger charge is 2.27. The first-order chi connectivity index (χ1) is 15.5. The van der Waals surface area contributed by atoms with Gasteiger partial charge in [0, 0.05) is 18.2 Å². The number of sulfonamides is 1. The Kier molecular flexibility index (Phi) is 8.78. The van der Waals surface area contributed by atoms with Crippen LogP contribution in [0.4, 0.5) is 0 Å². The molecule has 1 heterocycles. The van der Waals surface area contributed by atoms with Crippen LogP contribution >= 0.6 is 0 Å². The van der Waals surface area contributed by atoms with Gasteiger partial charge in [-0.3, -0.25) is 4.90 Å². The van der Waals surface area contributed by atoms with Gasteiger partial charge >= 0.3 is 0 Å². The Morgan fingerprint density at radius 2 is 1.62 bits per heavy atom. The van der Waals surface area contributed by atoms with E-state index in [1.54, 1.807) is 19.2 Å². The number of likely N-dealkylation sites (tertiary alicyclic amines) is 1. The van der Waals surface area contributed by atoms with Gasteiger partial charge in [0.1, 0.15) is 5.75 Å². The predicted octanol–water partition coefficient (Wildman–Crippen LogP) is 4.00. The molecule has 0 aliphatic carbocycles. The quantitative estimate of drug-likeness (QED) is 0.544. The van der Waals surface area contributed by atoms with Crippen LogP contribution in [-0.4, -0.2) is 53.3 Å². The van der Waals surface area contributed by atoms with Crippen LogP contribution in [0.3, 0.4) is 0 Å². The normalized spacial score (nSPS) is 15.8. The number of methoxy groups -OCH3 is 1. The molecule has 0 aromatic heterocycles. The minimum Gasteiger partial charge on any atom is -0.496 e. The van der Waals surface area contributed by atoms with E-state index in [2.05, 4.69) is 9.62 Å². The van der Waals surface area contributed by atoms with Crippen molar-refractivity contribution in [2.45, 2.75) is 44.0 Å². The van der Waals surface area contributed by atoms with Crippen molar-refractivity contribution in [1.29, 1.82) is 0 Å². The fraction of sp³-hybridized carbons (Fsp3) is 0.500. The molecular weight excluding hydrogens is 428 g/mol. The van der Waals surface area contributed by atoms with Crippen molar-refractivity contribution in [2.75, 3.05) is 40.0 Å². The fourth-order valence-corrected chi connectivity index (χ4v) is 5.13. The molecule has 176 valence electrons. The number of rotatable bonds is 11. The molecule has 0 bridgehead atoms. The van der Waals surface area contributed by atoms with E-state index in [0.29, 0.717) is 24.7 Å². The van der Waals surface area contributed by atoms with Crippen molar-refractivity contribution in [3.05, 3.63) is 48.0 Å². The summed E-state index contributed by atoms with van der Waals surface area (Å²) in [6, 6.07) is 12.4. The molecule has 8 heteroatoms. The number of hydrogen-bond donors (Lipinski definition) is 1. The molecular formula is C24H34N2O5S. The Labute approximate surface area is 191 Å². The molecule has 0 amide bonds. The van der Waals surface area contributed by atoms with Crippen molar-refractivity contribution < 1.29 is 22.6 Å². The summed E-state index contributed by atoms with van der Waals surface area (Å²) in [6.45, 7) is 6.73. The SMILES string of the molecule is CCOc1ccc(S(=O)(=O)NCC(c2ccccc2OC)N2CCCCC2)cc1OCC. The van der Waals surface area contributed by atoms with Gasteiger partial charge in [-0.25, -0.2) is 13.1 Å². The smallest absolute Gasteiger partial charge is 0.240 e. The van der Waals surface area contributed by atoms with E-state index in [1.165, 1.54) is 12.5 Å². The van der Waals surface area contributed by atoms with E-state index in [4.69, 9.17) is 14.2 Å². The highest BCUT2D eigenvalue weighted by molar-refractivity contribution is 7.89. The van der Waals surface area contributed by atoms with Crippen LogP contribution in [0.1, 0.15) is 44.7 Å². The number of para-hydroxylation sites is 1. The Morgan fingerprint density at radius 1 is 0.938 bits per heavy atom. The largest absolute Gasteiger partial charge is 0.496 e. The van der Waals surface area contributed by atoms with Crippen LogP contribution in [0.15, 0.2) is 47.4 Å². The predicted molar refractivity (Wildman–Crippen MR) is 125 cm³/mol. The zero-order valence-corrected chi connectivity index (χ0v) is 20.0. The Morgan fingerprint density at radius 3 is 2.31 bits per heavy atom. The molecule has 2 aromatic carbocycles. The molecule has 1 aliphatic heterocycles. The number of piperidine rings is 1. The van der Waals surface area contributed by atoms with Crippen molar-refractivity contribution in [3.63, 3.8) is 0 Å². The zero-order valence-electron chi connectivity index (χ0n) is 19.2. The number of hydrogen-bond acceptors (Lipinski definition) is 6. The molecule has 1 unspecified atom stereocenters. The summed E-state index contributed by atoms with van der Waals surface area (Å²) < 4.78 is 45.9. The summed E-state index contributed by atoms with van der Waals surface area (Å²) in [5.74, 6) is 1.73. The van der Waals surface area contributed by atoms with E-state index >= 15 is 0 Å². The van der Waals surface area contributed by atoms with Gasteiger partial charge in [0.2, 0.25) is 10.0 Å². The summed E-state index contributed by atoms with van der Waals surface area (Å²) in [4.78, 5) is 2.50. The Bertz CT molecular complexity index is 974. The minimum atomic E-state index is -3.75. The number of nitrogens with zero attached hydrogens (tertiary/aromatic N) is 1. The lowest BCUT2D eigenvalue weighted by Crippen LogP contribution is -2.40. The standard InChI is InChI=1S/C24H34N2O5S/c1-4-30-23-14-13-19(17-24(23)31-5-2)32(27,28)25-18-21(26-15-9-6-10-16-26)20-11-7-8-12-22(20)29-3/h7-8,11-14,17,21,25H,4-6,9-10,15-16,18H2,1-3H3. The van der Waals surface area contributed by atoms with Crippen LogP contribution in [0.2, 0.25) is 0 Å². The molecule has 0 spiro atoms. The Hall–Kier alpha value is -2.29. The van der Waals surface area contributed by atoms with Gasteiger partial charge in [-0.15, -0.1) is 0 Å². The van der Waals surface area contributed by atoms with E-state index in [9.17, 15) is 8.42 Å². The lowest BCUT2D eigenvalue weighted by atomic mass is 10.0. The average molecular weight is 463 g/mol. The summed E-state index contributed by atoms with van der Waals surface area (Å²) in [7, 11) is -2.10. The highest BCUT2D eigenvalue weighted by Crippen LogP contribution is 2.33. The first-order valence-corrected chi connectivity index (χ1v) is 12.7. The monoisotopic (exact) mass is 462 g/mol. The maximum atomic E-state index is 13.2. The third kappa shape index (κ3) is 5.94. The lowest BCUT2D eigenvalue weighted by Gasteiger charge is -2.35. The molecule has 1 atom stereocenters. The summed E-state index contributed by atoms with van der Waals surface area (Å²) in [5.41, 5.74) is 0.987. The van der Waals surface area contributed by atoms with Crippen molar-refractivity contribution >= 4 is 10.0 Å². The second kappa shape index (κ2) is 11.5. The molecule has 1 fully saturated rings. The first-order valence-electron chi connectivity index (χ1n) is 11.3.